The van der Waals surface area contributed by atoms with Crippen LogP contribution in [-0.4, -0.2) is 40.8 Å². The fraction of sp³-hybridized carbons (Fsp3) is 0.316. The minimum absolute atomic E-state index is 0.0299. The van der Waals surface area contributed by atoms with Crippen LogP contribution in [0.5, 0.6) is 11.5 Å². The van der Waals surface area contributed by atoms with Gasteiger partial charge in [-0.2, -0.15) is 0 Å². The molecule has 28 heavy (non-hydrogen) atoms. The quantitative estimate of drug-likeness (QED) is 0.661. The zero-order valence-electron chi connectivity index (χ0n) is 15.5. The molecule has 150 valence electrons. The van der Waals surface area contributed by atoms with E-state index in [2.05, 4.69) is 0 Å². The molecule has 7 nitrogen and oxygen atoms in total. The van der Waals surface area contributed by atoms with Crippen molar-refractivity contribution in [2.24, 2.45) is 0 Å². The average Bonchev–Trinajstić information content (AvgIpc) is 2.68. The molecule has 0 radical (unpaired) electrons. The van der Waals surface area contributed by atoms with Crippen molar-refractivity contribution in [3.8, 4) is 11.5 Å². The maximum Gasteiger partial charge on any atom is 0.326 e. The first-order chi connectivity index (χ1) is 13.3. The van der Waals surface area contributed by atoms with Crippen LogP contribution < -0.4 is 13.8 Å². The van der Waals surface area contributed by atoms with Crippen molar-refractivity contribution in [3.05, 3.63) is 47.0 Å². The minimum Gasteiger partial charge on any atom is -0.486 e. The molecule has 1 aliphatic rings. The molecule has 0 unspecified atom stereocenters. The number of hydrogen-bond acceptors (Lipinski definition) is 6. The van der Waals surface area contributed by atoms with Crippen LogP contribution in [0.15, 0.2) is 41.3 Å². The van der Waals surface area contributed by atoms with Crippen LogP contribution in [0.2, 0.25) is 5.02 Å². The smallest absolute Gasteiger partial charge is 0.326 e. The molecule has 0 bridgehead atoms. The summed E-state index contributed by atoms with van der Waals surface area (Å²) in [5.74, 6) is 0.145. The van der Waals surface area contributed by atoms with Crippen LogP contribution in [0.4, 0.5) is 5.69 Å². The van der Waals surface area contributed by atoms with Crippen LogP contribution in [0.25, 0.3) is 0 Å². The van der Waals surface area contributed by atoms with E-state index in [0.29, 0.717) is 29.7 Å². The number of sulfonamides is 1. The molecule has 0 saturated heterocycles. The Kier molecular flexibility index (Phi) is 6.00. The van der Waals surface area contributed by atoms with Crippen LogP contribution in [0.3, 0.4) is 0 Å². The molecule has 1 heterocycles. The summed E-state index contributed by atoms with van der Waals surface area (Å²) in [6.45, 7) is 3.85. The number of rotatable bonds is 6. The summed E-state index contributed by atoms with van der Waals surface area (Å²) >= 11 is 6.17. The Morgan fingerprint density at radius 2 is 1.86 bits per heavy atom. The maximum atomic E-state index is 13.3. The number of halogens is 1. The molecule has 9 heteroatoms. The van der Waals surface area contributed by atoms with E-state index >= 15 is 0 Å². The van der Waals surface area contributed by atoms with Crippen LogP contribution in [0.1, 0.15) is 12.5 Å². The summed E-state index contributed by atoms with van der Waals surface area (Å²) in [6, 6.07) is 9.12. The van der Waals surface area contributed by atoms with Gasteiger partial charge in [0.15, 0.2) is 11.5 Å². The van der Waals surface area contributed by atoms with E-state index in [1.807, 2.05) is 0 Å². The average molecular weight is 426 g/mol. The van der Waals surface area contributed by atoms with E-state index in [1.165, 1.54) is 24.3 Å². The number of carbonyl (C=O) groups is 1. The number of aryl methyl sites for hydroxylation is 1. The third-order valence-corrected chi connectivity index (χ3v) is 6.30. The highest BCUT2D eigenvalue weighted by atomic mass is 35.5. The third-order valence-electron chi connectivity index (χ3n) is 4.12. The van der Waals surface area contributed by atoms with Gasteiger partial charge in [-0.15, -0.1) is 0 Å². The lowest BCUT2D eigenvalue weighted by molar-refractivity contribution is -0.141. The first kappa shape index (κ1) is 20.3. The van der Waals surface area contributed by atoms with Gasteiger partial charge in [-0.05, 0) is 43.7 Å². The van der Waals surface area contributed by atoms with Gasteiger partial charge >= 0.3 is 5.97 Å². The fourth-order valence-electron chi connectivity index (χ4n) is 2.69. The maximum absolute atomic E-state index is 13.3. The summed E-state index contributed by atoms with van der Waals surface area (Å²) in [5, 5.41) is 0.392. The Hall–Kier alpha value is -2.45. The van der Waals surface area contributed by atoms with Crippen molar-refractivity contribution in [2.75, 3.05) is 30.7 Å². The van der Waals surface area contributed by atoms with E-state index in [9.17, 15) is 13.2 Å². The molecule has 0 amide bonds. The first-order valence-corrected chi connectivity index (χ1v) is 10.5. The van der Waals surface area contributed by atoms with Crippen molar-refractivity contribution in [2.45, 2.75) is 18.7 Å². The second kappa shape index (κ2) is 8.28. The molecule has 0 N–H and O–H groups in total. The molecule has 0 atom stereocenters. The minimum atomic E-state index is -4.09. The molecular weight excluding hydrogens is 406 g/mol. The summed E-state index contributed by atoms with van der Waals surface area (Å²) in [6.07, 6.45) is 0. The van der Waals surface area contributed by atoms with E-state index in [0.717, 1.165) is 9.87 Å². The molecule has 0 spiro atoms. The normalized spacial score (nSPS) is 13.1. The van der Waals surface area contributed by atoms with E-state index < -0.39 is 22.5 Å². The standard InChI is InChI=1S/C19H20ClNO6S/c1-3-25-19(22)12-21(14-5-4-13(2)16(20)10-14)28(23,24)15-6-7-17-18(11-15)27-9-8-26-17/h4-7,10-11H,3,8-9,12H2,1-2H3. The monoisotopic (exact) mass is 425 g/mol. The molecular formula is C19H20ClNO6S. The number of benzene rings is 2. The van der Waals surface area contributed by atoms with Crippen molar-refractivity contribution in [1.29, 1.82) is 0 Å². The molecule has 0 saturated carbocycles. The van der Waals surface area contributed by atoms with Gasteiger partial charge < -0.3 is 14.2 Å². The predicted octanol–water partition coefficient (Wildman–Crippen LogP) is 3.18. The molecule has 1 aliphatic heterocycles. The van der Waals surface area contributed by atoms with Crippen molar-refractivity contribution in [3.63, 3.8) is 0 Å². The van der Waals surface area contributed by atoms with Crippen molar-refractivity contribution >= 4 is 33.3 Å². The molecule has 0 fully saturated rings. The lowest BCUT2D eigenvalue weighted by Crippen LogP contribution is -2.36. The SMILES string of the molecule is CCOC(=O)CN(c1ccc(C)c(Cl)c1)S(=O)(=O)c1ccc2c(c1)OCCO2. The molecule has 3 rings (SSSR count). The number of carbonyl (C=O) groups excluding carboxylic acids is 1. The molecule has 0 aromatic heterocycles. The van der Waals surface area contributed by atoms with Gasteiger partial charge in [0.1, 0.15) is 19.8 Å². The zero-order chi connectivity index (χ0) is 20.3. The van der Waals surface area contributed by atoms with Crippen LogP contribution in [-0.2, 0) is 19.6 Å². The Balaban J connectivity index is 2.04. The topological polar surface area (TPSA) is 82.1 Å². The van der Waals surface area contributed by atoms with E-state index in [-0.39, 0.29) is 17.2 Å². The highest BCUT2D eigenvalue weighted by Gasteiger charge is 2.29. The van der Waals surface area contributed by atoms with Gasteiger partial charge in [-0.3, -0.25) is 9.10 Å². The highest BCUT2D eigenvalue weighted by molar-refractivity contribution is 7.92. The number of anilines is 1. The largest absolute Gasteiger partial charge is 0.486 e. The second-order valence-electron chi connectivity index (χ2n) is 6.06. The van der Waals surface area contributed by atoms with Gasteiger partial charge in [-0.25, -0.2) is 8.42 Å². The molecule has 2 aromatic carbocycles. The van der Waals surface area contributed by atoms with Gasteiger partial charge in [0.25, 0.3) is 10.0 Å². The summed E-state index contributed by atoms with van der Waals surface area (Å²) in [7, 11) is -4.09. The summed E-state index contributed by atoms with van der Waals surface area (Å²) in [4.78, 5) is 12.1. The Bertz CT molecular complexity index is 992. The Labute approximate surface area is 168 Å². The number of hydrogen-bond donors (Lipinski definition) is 0. The number of nitrogens with zero attached hydrogens (tertiary/aromatic N) is 1. The number of ether oxygens (including phenoxy) is 3. The zero-order valence-corrected chi connectivity index (χ0v) is 17.0. The third kappa shape index (κ3) is 4.18. The van der Waals surface area contributed by atoms with Gasteiger partial charge in [0.2, 0.25) is 0 Å². The van der Waals surface area contributed by atoms with Gasteiger partial charge in [-0.1, -0.05) is 17.7 Å². The van der Waals surface area contributed by atoms with Crippen LogP contribution >= 0.6 is 11.6 Å². The number of fused-ring (bicyclic) bond motifs is 1. The summed E-state index contributed by atoms with van der Waals surface area (Å²) < 4.78 is 43.5. The van der Waals surface area contributed by atoms with Gasteiger partial charge in [0.05, 0.1) is 17.2 Å². The van der Waals surface area contributed by atoms with Crippen molar-refractivity contribution < 1.29 is 27.4 Å². The van der Waals surface area contributed by atoms with E-state index in [1.54, 1.807) is 26.0 Å². The molecule has 2 aromatic rings. The highest BCUT2D eigenvalue weighted by Crippen LogP contribution is 2.34. The lowest BCUT2D eigenvalue weighted by atomic mass is 10.2. The Morgan fingerprint density at radius 3 is 2.54 bits per heavy atom. The van der Waals surface area contributed by atoms with E-state index in [4.69, 9.17) is 25.8 Å². The predicted molar refractivity (Wildman–Crippen MR) is 105 cm³/mol. The fourth-order valence-corrected chi connectivity index (χ4v) is 4.28. The van der Waals surface area contributed by atoms with Gasteiger partial charge in [0, 0.05) is 11.1 Å². The number of esters is 1. The van der Waals surface area contributed by atoms with Crippen LogP contribution in [0, 0.1) is 6.92 Å². The first-order valence-electron chi connectivity index (χ1n) is 8.67. The summed E-state index contributed by atoms with van der Waals surface area (Å²) in [5.41, 5.74) is 1.05. The second-order valence-corrected chi connectivity index (χ2v) is 8.33. The lowest BCUT2D eigenvalue weighted by Gasteiger charge is -2.25. The van der Waals surface area contributed by atoms with Crippen molar-refractivity contribution in [1.82, 2.24) is 0 Å². The molecule has 0 aliphatic carbocycles. The Morgan fingerprint density at radius 1 is 1.14 bits per heavy atom.